The van der Waals surface area contributed by atoms with Crippen molar-refractivity contribution in [1.29, 1.82) is 0 Å². The number of benzene rings is 2. The number of nitrogens with zero attached hydrogens (tertiary/aromatic N) is 2. The normalized spacial score (nSPS) is 16.9. The third-order valence-electron chi connectivity index (χ3n) is 3.88. The van der Waals surface area contributed by atoms with Crippen LogP contribution in [-0.4, -0.2) is 22.4 Å². The highest BCUT2D eigenvalue weighted by Crippen LogP contribution is 2.32. The largest absolute Gasteiger partial charge is 0.361 e. The molecule has 3 rings (SSSR count). The van der Waals surface area contributed by atoms with Gasteiger partial charge in [0.05, 0.1) is 11.8 Å². The topological polar surface area (TPSA) is 27.6 Å². The maximum absolute atomic E-state index is 13.2. The van der Waals surface area contributed by atoms with Gasteiger partial charge < -0.3 is 5.32 Å². The van der Waals surface area contributed by atoms with Crippen LogP contribution in [0.2, 0.25) is 0 Å². The molecule has 24 heavy (non-hydrogen) atoms. The van der Waals surface area contributed by atoms with Gasteiger partial charge in [-0.1, -0.05) is 24.3 Å². The molecule has 0 fully saturated rings. The summed E-state index contributed by atoms with van der Waals surface area (Å²) >= 11 is 5.41. The third-order valence-corrected chi connectivity index (χ3v) is 4.21. The first-order valence-electron chi connectivity index (χ1n) is 7.74. The van der Waals surface area contributed by atoms with Crippen molar-refractivity contribution >= 4 is 23.0 Å². The van der Waals surface area contributed by atoms with Crippen molar-refractivity contribution in [1.82, 2.24) is 10.3 Å². The van der Waals surface area contributed by atoms with Crippen molar-refractivity contribution in [2.45, 2.75) is 19.4 Å². The molecule has 0 aliphatic carbocycles. The fourth-order valence-corrected chi connectivity index (χ4v) is 3.00. The van der Waals surface area contributed by atoms with Gasteiger partial charge in [-0.2, -0.15) is 5.10 Å². The maximum Gasteiger partial charge on any atom is 0.190 e. The molecule has 2 aromatic carbocycles. The molecule has 1 atom stereocenters. The standard InChI is InChI=1S/C18H17F2N3S/c1-2-21-18(24)23-17(13-5-9-15(20)10-6-13)11-16(22-23)12-3-7-14(19)8-4-12/h3-10,17H,2,11H2,1H3,(H,21,24). The number of thiocarbonyl (C=S) groups is 1. The number of hydrazone groups is 1. The first-order chi connectivity index (χ1) is 11.6. The van der Waals surface area contributed by atoms with Crippen LogP contribution in [0, 0.1) is 11.6 Å². The minimum absolute atomic E-state index is 0.114. The van der Waals surface area contributed by atoms with Crippen molar-refractivity contribution < 1.29 is 8.78 Å². The lowest BCUT2D eigenvalue weighted by Crippen LogP contribution is -2.36. The fourth-order valence-electron chi connectivity index (χ4n) is 2.69. The number of hydrogen-bond acceptors (Lipinski definition) is 2. The molecule has 0 spiro atoms. The molecule has 124 valence electrons. The van der Waals surface area contributed by atoms with Gasteiger partial charge in [0.25, 0.3) is 0 Å². The van der Waals surface area contributed by atoms with Gasteiger partial charge in [-0.05, 0) is 54.5 Å². The van der Waals surface area contributed by atoms with Gasteiger partial charge in [-0.3, -0.25) is 0 Å². The van der Waals surface area contributed by atoms with Gasteiger partial charge in [0.2, 0.25) is 0 Å². The fraction of sp³-hybridized carbons (Fsp3) is 0.222. The third kappa shape index (κ3) is 3.43. The number of halogens is 2. The average Bonchev–Trinajstić information content (AvgIpc) is 3.02. The minimum Gasteiger partial charge on any atom is -0.361 e. The minimum atomic E-state index is -0.285. The molecule has 1 aliphatic heterocycles. The second kappa shape index (κ2) is 7.05. The summed E-state index contributed by atoms with van der Waals surface area (Å²) in [5.41, 5.74) is 2.60. The lowest BCUT2D eigenvalue weighted by atomic mass is 9.98. The second-order valence-electron chi connectivity index (χ2n) is 5.51. The summed E-state index contributed by atoms with van der Waals surface area (Å²) in [6.45, 7) is 2.65. The molecule has 0 saturated carbocycles. The number of nitrogens with one attached hydrogen (secondary N) is 1. The maximum atomic E-state index is 13.2. The molecule has 0 radical (unpaired) electrons. The van der Waals surface area contributed by atoms with Crippen LogP contribution in [0.1, 0.15) is 30.5 Å². The number of hydrogen-bond donors (Lipinski definition) is 1. The van der Waals surface area contributed by atoms with E-state index in [2.05, 4.69) is 10.4 Å². The molecule has 1 N–H and O–H groups in total. The van der Waals surface area contributed by atoms with Crippen LogP contribution in [0.25, 0.3) is 0 Å². The van der Waals surface area contributed by atoms with Crippen molar-refractivity contribution in [3.8, 4) is 0 Å². The molecule has 0 aromatic heterocycles. The van der Waals surface area contributed by atoms with Crippen LogP contribution >= 0.6 is 12.2 Å². The Morgan fingerprint density at radius 2 is 1.71 bits per heavy atom. The smallest absolute Gasteiger partial charge is 0.190 e. The first-order valence-corrected chi connectivity index (χ1v) is 8.15. The molecular formula is C18H17F2N3S. The van der Waals surface area contributed by atoms with Crippen LogP contribution in [0.4, 0.5) is 8.78 Å². The van der Waals surface area contributed by atoms with Crippen molar-refractivity contribution in [2.24, 2.45) is 5.10 Å². The average molecular weight is 345 g/mol. The zero-order chi connectivity index (χ0) is 17.1. The zero-order valence-electron chi connectivity index (χ0n) is 13.2. The summed E-state index contributed by atoms with van der Waals surface area (Å²) in [5, 5.41) is 9.97. The highest BCUT2D eigenvalue weighted by molar-refractivity contribution is 7.80. The lowest BCUT2D eigenvalue weighted by molar-refractivity contribution is 0.364. The monoisotopic (exact) mass is 345 g/mol. The first kappa shape index (κ1) is 16.5. The van der Waals surface area contributed by atoms with Gasteiger partial charge in [0.15, 0.2) is 5.11 Å². The SMILES string of the molecule is CCNC(=S)N1N=C(c2ccc(F)cc2)CC1c1ccc(F)cc1. The Bertz CT molecular complexity index is 757. The highest BCUT2D eigenvalue weighted by atomic mass is 32.1. The Morgan fingerprint density at radius 1 is 1.12 bits per heavy atom. The van der Waals surface area contributed by atoms with E-state index in [0.29, 0.717) is 18.1 Å². The molecule has 1 aliphatic rings. The molecule has 0 saturated heterocycles. The number of rotatable bonds is 3. The van der Waals surface area contributed by atoms with Crippen LogP contribution < -0.4 is 5.32 Å². The Kier molecular flexibility index (Phi) is 4.85. The van der Waals surface area contributed by atoms with Gasteiger partial charge in [0.1, 0.15) is 11.6 Å². The summed E-state index contributed by atoms with van der Waals surface area (Å²) in [5.74, 6) is -0.565. The Hall–Kier alpha value is -2.34. The predicted molar refractivity (Wildman–Crippen MR) is 94.8 cm³/mol. The van der Waals surface area contributed by atoms with Gasteiger partial charge >= 0.3 is 0 Å². The van der Waals surface area contributed by atoms with Crippen LogP contribution in [0.5, 0.6) is 0 Å². The zero-order valence-corrected chi connectivity index (χ0v) is 14.0. The predicted octanol–water partition coefficient (Wildman–Crippen LogP) is 4.01. The summed E-state index contributed by atoms with van der Waals surface area (Å²) in [6.07, 6.45) is 0.614. The van der Waals surface area contributed by atoms with Crippen molar-refractivity contribution in [3.63, 3.8) is 0 Å². The van der Waals surface area contributed by atoms with E-state index in [4.69, 9.17) is 12.2 Å². The van der Waals surface area contributed by atoms with Crippen LogP contribution in [0.15, 0.2) is 53.6 Å². The molecular weight excluding hydrogens is 328 g/mol. The summed E-state index contributed by atoms with van der Waals surface area (Å²) in [6, 6.07) is 12.5. The van der Waals surface area contributed by atoms with Gasteiger partial charge in [-0.15, -0.1) is 0 Å². The van der Waals surface area contributed by atoms with Crippen LogP contribution in [0.3, 0.4) is 0 Å². The molecule has 6 heteroatoms. The molecule has 0 bridgehead atoms. The molecule has 0 amide bonds. The molecule has 3 nitrogen and oxygen atoms in total. The van der Waals surface area contributed by atoms with Crippen molar-refractivity contribution in [2.75, 3.05) is 6.54 Å². The second-order valence-corrected chi connectivity index (χ2v) is 5.89. The molecule has 1 heterocycles. The van der Waals surface area contributed by atoms with E-state index in [0.717, 1.165) is 16.8 Å². The highest BCUT2D eigenvalue weighted by Gasteiger charge is 2.31. The van der Waals surface area contributed by atoms with Gasteiger partial charge in [0, 0.05) is 13.0 Å². The van der Waals surface area contributed by atoms with Crippen LogP contribution in [-0.2, 0) is 0 Å². The quantitative estimate of drug-likeness (QED) is 0.852. The Morgan fingerprint density at radius 3 is 2.29 bits per heavy atom. The van der Waals surface area contributed by atoms with E-state index in [1.807, 2.05) is 6.92 Å². The summed E-state index contributed by atoms with van der Waals surface area (Å²) in [7, 11) is 0. The van der Waals surface area contributed by atoms with E-state index in [1.165, 1.54) is 24.3 Å². The lowest BCUT2D eigenvalue weighted by Gasteiger charge is -2.24. The van der Waals surface area contributed by atoms with E-state index in [9.17, 15) is 8.78 Å². The van der Waals surface area contributed by atoms with E-state index >= 15 is 0 Å². The van der Waals surface area contributed by atoms with E-state index < -0.39 is 0 Å². The molecule has 1 unspecified atom stereocenters. The van der Waals surface area contributed by atoms with Crippen molar-refractivity contribution in [3.05, 3.63) is 71.3 Å². The Labute approximate surface area is 145 Å². The summed E-state index contributed by atoms with van der Waals surface area (Å²) in [4.78, 5) is 0. The Balaban J connectivity index is 1.92. The van der Waals surface area contributed by atoms with E-state index in [1.54, 1.807) is 29.3 Å². The molecule has 2 aromatic rings. The van der Waals surface area contributed by atoms with E-state index in [-0.39, 0.29) is 17.7 Å². The summed E-state index contributed by atoms with van der Waals surface area (Å²) < 4.78 is 26.4. The van der Waals surface area contributed by atoms with Gasteiger partial charge in [-0.25, -0.2) is 13.8 Å².